The van der Waals surface area contributed by atoms with Gasteiger partial charge in [-0.25, -0.2) is 0 Å². The fourth-order valence-electron chi connectivity index (χ4n) is 2.63. The van der Waals surface area contributed by atoms with E-state index in [-0.39, 0.29) is 0 Å². The molecular formula is C15H23NO2. The largest absolute Gasteiger partial charge is 0.494 e. The molecule has 1 aromatic carbocycles. The van der Waals surface area contributed by atoms with Crippen molar-refractivity contribution in [2.24, 2.45) is 0 Å². The lowest BCUT2D eigenvalue weighted by molar-refractivity contribution is 0.141. The molecule has 0 N–H and O–H groups in total. The molecule has 18 heavy (non-hydrogen) atoms. The first-order chi connectivity index (χ1) is 8.85. The van der Waals surface area contributed by atoms with Crippen LogP contribution < -0.4 is 4.74 Å². The summed E-state index contributed by atoms with van der Waals surface area (Å²) in [5, 5.41) is 0. The zero-order valence-corrected chi connectivity index (χ0v) is 11.4. The van der Waals surface area contributed by atoms with Gasteiger partial charge in [-0.05, 0) is 44.0 Å². The van der Waals surface area contributed by atoms with E-state index in [2.05, 4.69) is 29.2 Å². The quantitative estimate of drug-likeness (QED) is 0.774. The molecule has 1 aliphatic heterocycles. The van der Waals surface area contributed by atoms with E-state index in [4.69, 9.17) is 9.47 Å². The van der Waals surface area contributed by atoms with Crippen LogP contribution in [-0.2, 0) is 4.74 Å². The summed E-state index contributed by atoms with van der Waals surface area (Å²) >= 11 is 0. The molecule has 2 rings (SSSR count). The van der Waals surface area contributed by atoms with E-state index in [1.54, 1.807) is 7.11 Å². The van der Waals surface area contributed by atoms with Crippen molar-refractivity contribution in [3.05, 3.63) is 29.8 Å². The van der Waals surface area contributed by atoms with Crippen LogP contribution in [0.2, 0.25) is 0 Å². The highest BCUT2D eigenvalue weighted by Gasteiger charge is 2.25. The van der Waals surface area contributed by atoms with Gasteiger partial charge in [0, 0.05) is 19.7 Å². The van der Waals surface area contributed by atoms with Crippen LogP contribution in [-0.4, -0.2) is 38.3 Å². The van der Waals surface area contributed by atoms with Crippen LogP contribution in [0.3, 0.4) is 0 Å². The average molecular weight is 249 g/mol. The first-order valence-corrected chi connectivity index (χ1v) is 6.81. The number of likely N-dealkylation sites (tertiary alicyclic amines) is 1. The molecule has 0 radical (unpaired) electrons. The maximum atomic E-state index is 5.48. The van der Waals surface area contributed by atoms with Gasteiger partial charge >= 0.3 is 0 Å². The highest BCUT2D eigenvalue weighted by molar-refractivity contribution is 5.29. The predicted octanol–water partition coefficient (Wildman–Crippen LogP) is 2.87. The second-order valence-corrected chi connectivity index (χ2v) is 4.69. The zero-order chi connectivity index (χ0) is 12.8. The fourth-order valence-corrected chi connectivity index (χ4v) is 2.63. The Morgan fingerprint density at radius 2 is 2.06 bits per heavy atom. The van der Waals surface area contributed by atoms with Crippen LogP contribution in [0.4, 0.5) is 0 Å². The Kier molecular flexibility index (Phi) is 5.02. The molecule has 3 nitrogen and oxygen atoms in total. The van der Waals surface area contributed by atoms with E-state index < -0.39 is 0 Å². The van der Waals surface area contributed by atoms with Gasteiger partial charge in [-0.3, -0.25) is 4.90 Å². The third-order valence-corrected chi connectivity index (χ3v) is 3.52. The normalized spacial score (nSPS) is 20.2. The molecule has 0 bridgehead atoms. The van der Waals surface area contributed by atoms with E-state index in [1.165, 1.54) is 24.9 Å². The lowest BCUT2D eigenvalue weighted by Gasteiger charge is -2.24. The number of benzene rings is 1. The van der Waals surface area contributed by atoms with Crippen molar-refractivity contribution in [3.63, 3.8) is 0 Å². The fraction of sp³-hybridized carbons (Fsp3) is 0.600. The molecule has 1 aliphatic rings. The molecule has 0 amide bonds. The zero-order valence-electron chi connectivity index (χ0n) is 11.4. The number of rotatable bonds is 6. The molecule has 1 saturated heterocycles. The van der Waals surface area contributed by atoms with Crippen LogP contribution in [0, 0.1) is 0 Å². The van der Waals surface area contributed by atoms with E-state index in [0.29, 0.717) is 6.04 Å². The molecule has 1 heterocycles. The van der Waals surface area contributed by atoms with Gasteiger partial charge < -0.3 is 9.47 Å². The monoisotopic (exact) mass is 249 g/mol. The van der Waals surface area contributed by atoms with E-state index >= 15 is 0 Å². The molecule has 1 fully saturated rings. The van der Waals surface area contributed by atoms with Gasteiger partial charge in [-0.1, -0.05) is 12.1 Å². The van der Waals surface area contributed by atoms with E-state index in [1.807, 2.05) is 6.92 Å². The third kappa shape index (κ3) is 3.24. The summed E-state index contributed by atoms with van der Waals surface area (Å²) in [6, 6.07) is 9.09. The van der Waals surface area contributed by atoms with Crippen molar-refractivity contribution in [1.29, 1.82) is 0 Å². The summed E-state index contributed by atoms with van der Waals surface area (Å²) in [5.41, 5.74) is 1.40. The molecule has 0 aromatic heterocycles. The van der Waals surface area contributed by atoms with Crippen LogP contribution in [0.15, 0.2) is 24.3 Å². The van der Waals surface area contributed by atoms with Crippen molar-refractivity contribution in [2.45, 2.75) is 25.8 Å². The second kappa shape index (κ2) is 6.76. The topological polar surface area (TPSA) is 21.7 Å². The van der Waals surface area contributed by atoms with Gasteiger partial charge in [0.1, 0.15) is 5.75 Å². The summed E-state index contributed by atoms with van der Waals surface area (Å²) in [5.74, 6) is 0.961. The summed E-state index contributed by atoms with van der Waals surface area (Å²) in [4.78, 5) is 2.51. The number of nitrogens with zero attached hydrogens (tertiary/aromatic N) is 1. The Morgan fingerprint density at radius 3 is 2.72 bits per heavy atom. The highest BCUT2D eigenvalue weighted by atomic mass is 16.5. The Hall–Kier alpha value is -1.06. The van der Waals surface area contributed by atoms with Gasteiger partial charge in [-0.15, -0.1) is 0 Å². The molecule has 0 saturated carbocycles. The minimum Gasteiger partial charge on any atom is -0.494 e. The second-order valence-electron chi connectivity index (χ2n) is 4.69. The maximum absolute atomic E-state index is 5.48. The molecule has 100 valence electrons. The standard InChI is InChI=1S/C15H23NO2/c1-3-18-14-8-6-13(7-9-14)15-5-4-10-16(15)11-12-17-2/h6-9,15H,3-5,10-12H2,1-2H3. The average Bonchev–Trinajstić information content (AvgIpc) is 2.86. The third-order valence-electron chi connectivity index (χ3n) is 3.52. The minimum atomic E-state index is 0.552. The Balaban J connectivity index is 2.00. The van der Waals surface area contributed by atoms with Crippen LogP contribution in [0.1, 0.15) is 31.4 Å². The van der Waals surface area contributed by atoms with Crippen LogP contribution in [0.5, 0.6) is 5.75 Å². The number of hydrogen-bond acceptors (Lipinski definition) is 3. The van der Waals surface area contributed by atoms with Crippen molar-refractivity contribution < 1.29 is 9.47 Å². The Morgan fingerprint density at radius 1 is 1.28 bits per heavy atom. The van der Waals surface area contributed by atoms with Gasteiger partial charge in [0.2, 0.25) is 0 Å². The van der Waals surface area contributed by atoms with Gasteiger partial charge in [0.25, 0.3) is 0 Å². The predicted molar refractivity (Wildman–Crippen MR) is 73.0 cm³/mol. The van der Waals surface area contributed by atoms with Gasteiger partial charge in [-0.2, -0.15) is 0 Å². The van der Waals surface area contributed by atoms with Crippen molar-refractivity contribution >= 4 is 0 Å². The number of ether oxygens (including phenoxy) is 2. The summed E-state index contributed by atoms with van der Waals surface area (Å²) < 4.78 is 10.7. The first-order valence-electron chi connectivity index (χ1n) is 6.81. The molecule has 3 heteroatoms. The maximum Gasteiger partial charge on any atom is 0.119 e. The van der Waals surface area contributed by atoms with E-state index in [9.17, 15) is 0 Å². The van der Waals surface area contributed by atoms with E-state index in [0.717, 1.165) is 25.5 Å². The summed E-state index contributed by atoms with van der Waals surface area (Å²) in [6.07, 6.45) is 2.53. The summed E-state index contributed by atoms with van der Waals surface area (Å²) in [6.45, 7) is 5.75. The molecule has 1 unspecified atom stereocenters. The van der Waals surface area contributed by atoms with Crippen molar-refractivity contribution in [1.82, 2.24) is 4.90 Å². The van der Waals surface area contributed by atoms with Gasteiger partial charge in [0.05, 0.1) is 13.2 Å². The highest BCUT2D eigenvalue weighted by Crippen LogP contribution is 2.32. The number of methoxy groups -OCH3 is 1. The number of hydrogen-bond donors (Lipinski definition) is 0. The first kappa shape index (κ1) is 13.4. The Labute approximate surface area is 110 Å². The molecule has 1 atom stereocenters. The Bertz CT molecular complexity index is 350. The molecular weight excluding hydrogens is 226 g/mol. The lowest BCUT2D eigenvalue weighted by Crippen LogP contribution is -2.26. The van der Waals surface area contributed by atoms with Crippen molar-refractivity contribution in [2.75, 3.05) is 33.4 Å². The smallest absolute Gasteiger partial charge is 0.119 e. The van der Waals surface area contributed by atoms with Crippen LogP contribution in [0.25, 0.3) is 0 Å². The van der Waals surface area contributed by atoms with Gasteiger partial charge in [0.15, 0.2) is 0 Å². The summed E-state index contributed by atoms with van der Waals surface area (Å²) in [7, 11) is 1.77. The molecule has 0 spiro atoms. The molecule has 0 aliphatic carbocycles. The molecule has 1 aromatic rings. The van der Waals surface area contributed by atoms with Crippen molar-refractivity contribution in [3.8, 4) is 5.75 Å². The lowest BCUT2D eigenvalue weighted by atomic mass is 10.0. The SMILES string of the molecule is CCOc1ccc(C2CCCN2CCOC)cc1. The van der Waals surface area contributed by atoms with Crippen LogP contribution >= 0.6 is 0 Å². The minimum absolute atomic E-state index is 0.552.